The zero-order valence-electron chi connectivity index (χ0n) is 15.8. The molecule has 1 aliphatic heterocycles. The minimum absolute atomic E-state index is 0.575. The number of ether oxygens (including phenoxy) is 4. The number of hydrogen-bond donors (Lipinski definition) is 2. The van der Waals surface area contributed by atoms with Crippen molar-refractivity contribution in [2.45, 2.75) is 13.0 Å². The van der Waals surface area contributed by atoms with Gasteiger partial charge in [0.2, 0.25) is 5.75 Å². The molecule has 0 aromatic heterocycles. The molecule has 7 nitrogen and oxygen atoms in total. The van der Waals surface area contributed by atoms with E-state index in [2.05, 4.69) is 15.5 Å². The fraction of sp³-hybridized carbons (Fsp3) is 0.611. The Morgan fingerprint density at radius 2 is 1.73 bits per heavy atom. The van der Waals surface area contributed by atoms with Crippen LogP contribution < -0.4 is 24.8 Å². The molecule has 1 aromatic rings. The molecule has 0 bridgehead atoms. The zero-order chi connectivity index (χ0) is 18.8. The Bertz CT molecular complexity index is 555. The summed E-state index contributed by atoms with van der Waals surface area (Å²) < 4.78 is 21.4. The Hall–Kier alpha value is -1.77. The van der Waals surface area contributed by atoms with Crippen molar-refractivity contribution >= 4 is 17.3 Å². The van der Waals surface area contributed by atoms with Crippen LogP contribution in [-0.4, -0.2) is 70.7 Å². The monoisotopic (exact) mass is 383 g/mol. The van der Waals surface area contributed by atoms with Gasteiger partial charge in [0.05, 0.1) is 34.5 Å². The van der Waals surface area contributed by atoms with Gasteiger partial charge in [0.15, 0.2) is 16.6 Å². The van der Waals surface area contributed by atoms with Gasteiger partial charge in [-0.3, -0.25) is 4.90 Å². The summed E-state index contributed by atoms with van der Waals surface area (Å²) in [6.45, 7) is 6.19. The number of rotatable bonds is 9. The third-order valence-corrected chi connectivity index (χ3v) is 4.51. The van der Waals surface area contributed by atoms with Crippen molar-refractivity contribution in [3.05, 3.63) is 17.7 Å². The van der Waals surface area contributed by atoms with Gasteiger partial charge >= 0.3 is 0 Å². The van der Waals surface area contributed by atoms with Crippen molar-refractivity contribution in [1.82, 2.24) is 15.5 Å². The second-order valence-corrected chi connectivity index (χ2v) is 6.36. The second kappa shape index (κ2) is 11.1. The molecule has 0 spiro atoms. The van der Waals surface area contributed by atoms with Gasteiger partial charge in [0, 0.05) is 26.2 Å². The van der Waals surface area contributed by atoms with E-state index in [-0.39, 0.29) is 0 Å². The standard InChI is InChI=1S/C18H29N3O4S/c1-22-15-11-14(12-16(23-2)17(15)24-3)13-20-18(26)19-5-4-6-21-7-9-25-10-8-21/h11-12H,4-10,13H2,1-3H3,(H2,19,20,26). The average Bonchev–Trinajstić information content (AvgIpc) is 2.69. The van der Waals surface area contributed by atoms with Crippen molar-refractivity contribution in [2.24, 2.45) is 0 Å². The Morgan fingerprint density at radius 3 is 2.31 bits per heavy atom. The number of nitrogens with one attached hydrogen (secondary N) is 2. The van der Waals surface area contributed by atoms with E-state index in [1.165, 1.54) is 0 Å². The Kier molecular flexibility index (Phi) is 8.73. The quantitative estimate of drug-likeness (QED) is 0.490. The molecule has 1 saturated heterocycles. The van der Waals surface area contributed by atoms with Crippen LogP contribution in [-0.2, 0) is 11.3 Å². The van der Waals surface area contributed by atoms with Crippen molar-refractivity contribution in [3.63, 3.8) is 0 Å². The Morgan fingerprint density at radius 1 is 1.08 bits per heavy atom. The van der Waals surface area contributed by atoms with E-state index in [4.69, 9.17) is 31.2 Å². The lowest BCUT2D eigenvalue weighted by Gasteiger charge is -2.26. The predicted molar refractivity (Wildman–Crippen MR) is 105 cm³/mol. The van der Waals surface area contributed by atoms with Gasteiger partial charge in [0.1, 0.15) is 0 Å². The maximum atomic E-state index is 5.37. The highest BCUT2D eigenvalue weighted by molar-refractivity contribution is 7.80. The van der Waals surface area contributed by atoms with E-state index >= 15 is 0 Å². The van der Waals surface area contributed by atoms with Gasteiger partial charge in [-0.2, -0.15) is 0 Å². The van der Waals surface area contributed by atoms with Crippen molar-refractivity contribution < 1.29 is 18.9 Å². The van der Waals surface area contributed by atoms with Gasteiger partial charge in [-0.1, -0.05) is 0 Å². The topological polar surface area (TPSA) is 64.2 Å². The maximum Gasteiger partial charge on any atom is 0.203 e. The molecule has 0 radical (unpaired) electrons. The number of hydrogen-bond acceptors (Lipinski definition) is 6. The normalized spacial score (nSPS) is 14.6. The van der Waals surface area contributed by atoms with Crippen molar-refractivity contribution in [1.29, 1.82) is 0 Å². The summed E-state index contributed by atoms with van der Waals surface area (Å²) in [5.74, 6) is 1.85. The molecule has 2 N–H and O–H groups in total. The van der Waals surface area contributed by atoms with E-state index in [1.54, 1.807) is 21.3 Å². The number of benzene rings is 1. The summed E-state index contributed by atoms with van der Waals surface area (Å²) in [4.78, 5) is 2.41. The summed E-state index contributed by atoms with van der Waals surface area (Å²) in [6.07, 6.45) is 1.05. The molecular formula is C18H29N3O4S. The zero-order valence-corrected chi connectivity index (χ0v) is 16.6. The second-order valence-electron chi connectivity index (χ2n) is 5.95. The summed E-state index contributed by atoms with van der Waals surface area (Å²) in [7, 11) is 4.80. The van der Waals surface area contributed by atoms with Crippen LogP contribution >= 0.6 is 12.2 Å². The maximum absolute atomic E-state index is 5.37. The number of thiocarbonyl (C=S) groups is 1. The lowest BCUT2D eigenvalue weighted by Crippen LogP contribution is -2.39. The van der Waals surface area contributed by atoms with E-state index < -0.39 is 0 Å². The summed E-state index contributed by atoms with van der Waals surface area (Å²) in [5, 5.41) is 7.10. The minimum atomic E-state index is 0.575. The third-order valence-electron chi connectivity index (χ3n) is 4.22. The highest BCUT2D eigenvalue weighted by Gasteiger charge is 2.13. The fourth-order valence-corrected chi connectivity index (χ4v) is 2.99. The molecule has 2 rings (SSSR count). The lowest BCUT2D eigenvalue weighted by atomic mass is 10.2. The molecule has 0 amide bonds. The molecule has 8 heteroatoms. The first-order chi connectivity index (χ1) is 12.7. The van der Waals surface area contributed by atoms with Gasteiger partial charge in [0.25, 0.3) is 0 Å². The Labute approximate surface area is 160 Å². The van der Waals surface area contributed by atoms with Crippen LogP contribution in [0.25, 0.3) is 0 Å². The highest BCUT2D eigenvalue weighted by atomic mass is 32.1. The van der Waals surface area contributed by atoms with E-state index in [0.29, 0.717) is 28.9 Å². The van der Waals surface area contributed by atoms with Crippen LogP contribution in [0.3, 0.4) is 0 Å². The van der Waals surface area contributed by atoms with Crippen LogP contribution in [0.5, 0.6) is 17.2 Å². The molecule has 0 atom stereocenters. The number of morpholine rings is 1. The van der Waals surface area contributed by atoms with Crippen LogP contribution in [0.1, 0.15) is 12.0 Å². The first-order valence-corrected chi connectivity index (χ1v) is 9.19. The fourth-order valence-electron chi connectivity index (χ4n) is 2.81. The predicted octanol–water partition coefficient (Wildman–Crippen LogP) is 1.40. The minimum Gasteiger partial charge on any atom is -0.493 e. The molecule has 0 unspecified atom stereocenters. The first-order valence-electron chi connectivity index (χ1n) is 8.78. The summed E-state index contributed by atoms with van der Waals surface area (Å²) in [6, 6.07) is 3.82. The smallest absolute Gasteiger partial charge is 0.203 e. The lowest BCUT2D eigenvalue weighted by molar-refractivity contribution is 0.0376. The number of methoxy groups -OCH3 is 3. The van der Waals surface area contributed by atoms with Crippen LogP contribution in [0, 0.1) is 0 Å². The first kappa shape index (κ1) is 20.5. The van der Waals surface area contributed by atoms with E-state index in [9.17, 15) is 0 Å². The van der Waals surface area contributed by atoms with Gasteiger partial charge in [-0.05, 0) is 42.9 Å². The SMILES string of the molecule is COc1cc(CNC(=S)NCCCN2CCOCC2)cc(OC)c1OC. The molecule has 1 heterocycles. The highest BCUT2D eigenvalue weighted by Crippen LogP contribution is 2.38. The van der Waals surface area contributed by atoms with Gasteiger partial charge in [-0.25, -0.2) is 0 Å². The van der Waals surface area contributed by atoms with Crippen LogP contribution in [0.4, 0.5) is 0 Å². The average molecular weight is 384 g/mol. The van der Waals surface area contributed by atoms with Crippen molar-refractivity contribution in [2.75, 3.05) is 60.7 Å². The molecule has 1 fully saturated rings. The molecule has 26 heavy (non-hydrogen) atoms. The van der Waals surface area contributed by atoms with Crippen LogP contribution in [0.15, 0.2) is 12.1 Å². The Balaban J connectivity index is 1.74. The van der Waals surface area contributed by atoms with E-state index in [1.807, 2.05) is 12.1 Å². The van der Waals surface area contributed by atoms with Gasteiger partial charge < -0.3 is 29.6 Å². The number of nitrogens with zero attached hydrogens (tertiary/aromatic N) is 1. The van der Waals surface area contributed by atoms with Crippen LogP contribution in [0.2, 0.25) is 0 Å². The molecule has 1 aliphatic rings. The van der Waals surface area contributed by atoms with E-state index in [0.717, 1.165) is 51.4 Å². The molecule has 1 aromatic carbocycles. The summed E-state index contributed by atoms with van der Waals surface area (Å²) in [5.41, 5.74) is 0.997. The summed E-state index contributed by atoms with van der Waals surface area (Å²) >= 11 is 5.35. The molecule has 0 saturated carbocycles. The molecule has 146 valence electrons. The van der Waals surface area contributed by atoms with Crippen molar-refractivity contribution in [3.8, 4) is 17.2 Å². The molecular weight excluding hydrogens is 354 g/mol. The van der Waals surface area contributed by atoms with Gasteiger partial charge in [-0.15, -0.1) is 0 Å². The third kappa shape index (κ3) is 6.19. The molecule has 0 aliphatic carbocycles. The largest absolute Gasteiger partial charge is 0.493 e.